The van der Waals surface area contributed by atoms with Crippen LogP contribution in [0, 0.1) is 0 Å². The minimum Gasteiger partial charge on any atom is -0.364 e. The van der Waals surface area contributed by atoms with Gasteiger partial charge in [0.15, 0.2) is 0 Å². The highest BCUT2D eigenvalue weighted by Gasteiger charge is 2.30. The van der Waals surface area contributed by atoms with Gasteiger partial charge >= 0.3 is 0 Å². The molecule has 5 nitrogen and oxygen atoms in total. The number of nitrogens with zero attached hydrogens (tertiary/aromatic N) is 3. The highest BCUT2D eigenvalue weighted by molar-refractivity contribution is 7.99. The molecule has 0 spiro atoms. The van der Waals surface area contributed by atoms with Crippen LogP contribution < -0.4 is 5.32 Å². The summed E-state index contributed by atoms with van der Waals surface area (Å²) in [5, 5.41) is 3.29. The van der Waals surface area contributed by atoms with Crippen LogP contribution in [-0.2, 0) is 10.5 Å². The van der Waals surface area contributed by atoms with Crippen molar-refractivity contribution in [2.75, 3.05) is 24.2 Å². The number of hydrogen-bond acceptors (Lipinski definition) is 5. The van der Waals surface area contributed by atoms with Gasteiger partial charge in [-0.3, -0.25) is 4.79 Å². The summed E-state index contributed by atoms with van der Waals surface area (Å²) in [4.78, 5) is 22.0. The van der Waals surface area contributed by atoms with Gasteiger partial charge in [0.25, 0.3) is 0 Å². The molecule has 0 saturated carbocycles. The molecule has 22 heavy (non-hydrogen) atoms. The molecule has 0 atom stereocenters. The van der Waals surface area contributed by atoms with Gasteiger partial charge < -0.3 is 10.2 Å². The van der Waals surface area contributed by atoms with E-state index in [0.717, 1.165) is 24.7 Å². The molecule has 1 N–H and O–H groups in total. The summed E-state index contributed by atoms with van der Waals surface area (Å²) in [6.07, 6.45) is 3.22. The van der Waals surface area contributed by atoms with Gasteiger partial charge in [-0.1, -0.05) is 30.3 Å². The maximum atomic E-state index is 12.1. The molecule has 1 aliphatic rings. The Morgan fingerprint density at radius 2 is 2.09 bits per heavy atom. The second-order valence-electron chi connectivity index (χ2n) is 5.21. The van der Waals surface area contributed by atoms with Gasteiger partial charge in [0.1, 0.15) is 12.1 Å². The van der Waals surface area contributed by atoms with Gasteiger partial charge in [-0.15, -0.1) is 11.8 Å². The third-order valence-corrected chi connectivity index (χ3v) is 4.49. The second kappa shape index (κ2) is 7.26. The van der Waals surface area contributed by atoms with E-state index in [1.165, 1.54) is 11.9 Å². The first-order valence-corrected chi connectivity index (χ1v) is 8.39. The fourth-order valence-electron chi connectivity index (χ4n) is 2.28. The van der Waals surface area contributed by atoms with Crippen LogP contribution in [0.15, 0.2) is 48.9 Å². The van der Waals surface area contributed by atoms with Crippen molar-refractivity contribution < 1.29 is 4.79 Å². The van der Waals surface area contributed by atoms with Crippen molar-refractivity contribution >= 4 is 23.5 Å². The van der Waals surface area contributed by atoms with Gasteiger partial charge in [-0.05, 0) is 11.6 Å². The van der Waals surface area contributed by atoms with Crippen molar-refractivity contribution in [2.45, 2.75) is 11.8 Å². The molecule has 1 aliphatic heterocycles. The van der Waals surface area contributed by atoms with Gasteiger partial charge in [0, 0.05) is 25.0 Å². The number of amides is 1. The van der Waals surface area contributed by atoms with Crippen LogP contribution in [-0.4, -0.2) is 45.7 Å². The van der Waals surface area contributed by atoms with E-state index in [0.29, 0.717) is 5.75 Å². The number of rotatable bonds is 6. The summed E-state index contributed by atoms with van der Waals surface area (Å²) in [5.41, 5.74) is 1.26. The summed E-state index contributed by atoms with van der Waals surface area (Å²) in [6, 6.07) is 12.3. The monoisotopic (exact) mass is 314 g/mol. The van der Waals surface area contributed by atoms with Crippen LogP contribution in [0.3, 0.4) is 0 Å². The lowest BCUT2D eigenvalue weighted by Gasteiger charge is -2.39. The fraction of sp³-hybridized carbons (Fsp3) is 0.312. The van der Waals surface area contributed by atoms with E-state index in [4.69, 9.17) is 0 Å². The number of aromatic nitrogens is 2. The summed E-state index contributed by atoms with van der Waals surface area (Å²) in [5.74, 6) is 2.44. The number of thioether (sulfide) groups is 1. The quantitative estimate of drug-likeness (QED) is 0.884. The molecule has 2 heterocycles. The van der Waals surface area contributed by atoms with E-state index < -0.39 is 0 Å². The van der Waals surface area contributed by atoms with Crippen LogP contribution in [0.25, 0.3) is 0 Å². The predicted molar refractivity (Wildman–Crippen MR) is 88.6 cm³/mol. The summed E-state index contributed by atoms with van der Waals surface area (Å²) in [7, 11) is 0. The van der Waals surface area contributed by atoms with Crippen molar-refractivity contribution in [3.63, 3.8) is 0 Å². The second-order valence-corrected chi connectivity index (χ2v) is 6.20. The van der Waals surface area contributed by atoms with Gasteiger partial charge in [-0.2, -0.15) is 0 Å². The van der Waals surface area contributed by atoms with E-state index >= 15 is 0 Å². The van der Waals surface area contributed by atoms with Gasteiger partial charge in [0.2, 0.25) is 5.91 Å². The first kappa shape index (κ1) is 14.8. The molecule has 114 valence electrons. The van der Waals surface area contributed by atoms with E-state index in [2.05, 4.69) is 27.4 Å². The molecule has 0 aliphatic carbocycles. The largest absolute Gasteiger partial charge is 0.364 e. The zero-order chi connectivity index (χ0) is 15.2. The number of nitrogens with one attached hydrogen (secondary N) is 1. The van der Waals surface area contributed by atoms with Crippen molar-refractivity contribution in [2.24, 2.45) is 0 Å². The first-order chi connectivity index (χ1) is 10.8. The molecular formula is C16H18N4OS. The number of carbonyl (C=O) groups is 1. The Balaban J connectivity index is 1.35. The number of likely N-dealkylation sites (tertiary alicyclic amines) is 1. The smallest absolute Gasteiger partial charge is 0.232 e. The molecule has 1 aromatic heterocycles. The van der Waals surface area contributed by atoms with Gasteiger partial charge in [0.05, 0.1) is 11.8 Å². The highest BCUT2D eigenvalue weighted by atomic mass is 32.2. The van der Waals surface area contributed by atoms with Gasteiger partial charge in [-0.25, -0.2) is 9.97 Å². The molecule has 0 bridgehead atoms. The molecule has 0 unspecified atom stereocenters. The van der Waals surface area contributed by atoms with E-state index in [1.54, 1.807) is 18.0 Å². The minimum atomic E-state index is 0.210. The molecule has 1 amide bonds. The molecule has 6 heteroatoms. The summed E-state index contributed by atoms with van der Waals surface area (Å²) < 4.78 is 0. The zero-order valence-electron chi connectivity index (χ0n) is 12.2. The molecule has 3 rings (SSSR count). The highest BCUT2D eigenvalue weighted by Crippen LogP contribution is 2.17. The Morgan fingerprint density at radius 3 is 2.82 bits per heavy atom. The number of anilines is 1. The van der Waals surface area contributed by atoms with Crippen molar-refractivity contribution in [3.05, 3.63) is 54.5 Å². The Kier molecular flexibility index (Phi) is 4.90. The third kappa shape index (κ3) is 3.98. The van der Waals surface area contributed by atoms with Crippen LogP contribution >= 0.6 is 11.8 Å². The molecule has 0 radical (unpaired) electrons. The summed E-state index contributed by atoms with van der Waals surface area (Å²) in [6.45, 7) is 1.49. The SMILES string of the molecule is O=C(CSCc1ccccc1)N1CC(Nc2ccncn2)C1. The predicted octanol–water partition coefficient (Wildman–Crippen LogP) is 2.03. The van der Waals surface area contributed by atoms with Crippen LogP contribution in [0.2, 0.25) is 0 Å². The number of carbonyl (C=O) groups excluding carboxylic acids is 1. The Bertz CT molecular complexity index is 602. The lowest BCUT2D eigenvalue weighted by molar-refractivity contribution is -0.132. The van der Waals surface area contributed by atoms with Crippen LogP contribution in [0.4, 0.5) is 5.82 Å². The van der Waals surface area contributed by atoms with Crippen molar-refractivity contribution in [1.29, 1.82) is 0 Å². The number of hydrogen-bond donors (Lipinski definition) is 1. The number of benzene rings is 1. The lowest BCUT2D eigenvalue weighted by Crippen LogP contribution is -2.57. The standard InChI is InChI=1S/C16H18N4OS/c21-16(11-22-10-13-4-2-1-3-5-13)20-8-14(9-20)19-15-6-7-17-12-18-15/h1-7,12,14H,8-11H2,(H,17,18,19). The maximum Gasteiger partial charge on any atom is 0.232 e. The third-order valence-electron chi connectivity index (χ3n) is 3.51. The van der Waals surface area contributed by atoms with Crippen LogP contribution in [0.5, 0.6) is 0 Å². The van der Waals surface area contributed by atoms with Crippen LogP contribution in [0.1, 0.15) is 5.56 Å². The lowest BCUT2D eigenvalue weighted by atomic mass is 10.1. The maximum absolute atomic E-state index is 12.1. The Hall–Kier alpha value is -2.08. The summed E-state index contributed by atoms with van der Waals surface area (Å²) >= 11 is 1.67. The average Bonchev–Trinajstić information content (AvgIpc) is 2.52. The van der Waals surface area contributed by atoms with Crippen molar-refractivity contribution in [3.8, 4) is 0 Å². The van der Waals surface area contributed by atoms with E-state index in [-0.39, 0.29) is 11.9 Å². The normalized spacial score (nSPS) is 14.5. The average molecular weight is 314 g/mol. The fourth-order valence-corrected chi connectivity index (χ4v) is 3.17. The molecule has 2 aromatic rings. The zero-order valence-corrected chi connectivity index (χ0v) is 13.0. The van der Waals surface area contributed by atoms with Crippen molar-refractivity contribution in [1.82, 2.24) is 14.9 Å². The minimum absolute atomic E-state index is 0.210. The van der Waals surface area contributed by atoms with E-state index in [9.17, 15) is 4.79 Å². The topological polar surface area (TPSA) is 58.1 Å². The molecular weight excluding hydrogens is 296 g/mol. The Morgan fingerprint density at radius 1 is 1.27 bits per heavy atom. The Labute approximate surface area is 134 Å². The molecule has 1 saturated heterocycles. The first-order valence-electron chi connectivity index (χ1n) is 7.23. The molecule has 1 fully saturated rings. The van der Waals surface area contributed by atoms with E-state index in [1.807, 2.05) is 29.2 Å². The molecule has 1 aromatic carbocycles.